The van der Waals surface area contributed by atoms with E-state index in [1.165, 1.54) is 6.07 Å². The van der Waals surface area contributed by atoms with E-state index in [-0.39, 0.29) is 24.0 Å². The van der Waals surface area contributed by atoms with Gasteiger partial charge in [-0.1, -0.05) is 18.2 Å². The van der Waals surface area contributed by atoms with E-state index in [0.717, 1.165) is 22.5 Å². The lowest BCUT2D eigenvalue weighted by atomic mass is 10.1. The van der Waals surface area contributed by atoms with Crippen LogP contribution in [0.5, 0.6) is 0 Å². The summed E-state index contributed by atoms with van der Waals surface area (Å²) in [6.45, 7) is 5.79. The van der Waals surface area contributed by atoms with E-state index in [4.69, 9.17) is 5.11 Å². The summed E-state index contributed by atoms with van der Waals surface area (Å²) in [4.78, 5) is 22.6. The molecule has 21 heavy (non-hydrogen) atoms. The number of benzene rings is 1. The van der Waals surface area contributed by atoms with Gasteiger partial charge in [0, 0.05) is 18.2 Å². The molecule has 2 aromatic rings. The fourth-order valence-corrected chi connectivity index (χ4v) is 2.35. The van der Waals surface area contributed by atoms with Crippen molar-refractivity contribution in [1.82, 2.24) is 9.78 Å². The number of carboxylic acids is 1. The smallest absolute Gasteiger partial charge is 0.303 e. The molecule has 0 atom stereocenters. The van der Waals surface area contributed by atoms with Crippen LogP contribution in [0.4, 0.5) is 0 Å². The van der Waals surface area contributed by atoms with Crippen LogP contribution in [0, 0.1) is 20.8 Å². The zero-order chi connectivity index (χ0) is 15.6. The van der Waals surface area contributed by atoms with Gasteiger partial charge in [-0.15, -0.1) is 0 Å². The minimum absolute atomic E-state index is 0.0992. The summed E-state index contributed by atoms with van der Waals surface area (Å²) in [5.41, 5.74) is 3.85. The van der Waals surface area contributed by atoms with Gasteiger partial charge in [0.15, 0.2) is 0 Å². The van der Waals surface area contributed by atoms with Crippen LogP contribution in [0.25, 0.3) is 5.69 Å². The van der Waals surface area contributed by atoms with Crippen molar-refractivity contribution >= 4 is 5.97 Å². The molecule has 0 aliphatic rings. The van der Waals surface area contributed by atoms with Gasteiger partial charge in [0.1, 0.15) is 5.69 Å². The number of hydrogen-bond donors (Lipinski definition) is 1. The zero-order valence-corrected chi connectivity index (χ0v) is 12.4. The van der Waals surface area contributed by atoms with Gasteiger partial charge >= 0.3 is 5.97 Å². The molecule has 1 heterocycles. The van der Waals surface area contributed by atoms with E-state index in [1.54, 1.807) is 4.68 Å². The summed E-state index contributed by atoms with van der Waals surface area (Å²) in [5.74, 6) is -0.935. The Hall–Kier alpha value is -2.43. The van der Waals surface area contributed by atoms with Crippen LogP contribution in [0.1, 0.15) is 28.9 Å². The highest BCUT2D eigenvalue weighted by atomic mass is 16.4. The van der Waals surface area contributed by atoms with E-state index in [2.05, 4.69) is 5.10 Å². The van der Waals surface area contributed by atoms with Crippen molar-refractivity contribution in [2.75, 3.05) is 0 Å². The molecule has 0 saturated heterocycles. The number of hydrogen-bond acceptors (Lipinski definition) is 3. The Bertz CT molecular complexity index is 727. The number of aryl methyl sites for hydroxylation is 4. The van der Waals surface area contributed by atoms with E-state index < -0.39 is 5.97 Å². The number of carbonyl (C=O) groups is 1. The van der Waals surface area contributed by atoms with Gasteiger partial charge in [0.05, 0.1) is 12.1 Å². The fraction of sp³-hybridized carbons (Fsp3) is 0.312. The van der Waals surface area contributed by atoms with Crippen LogP contribution in [0.15, 0.2) is 29.1 Å². The monoisotopic (exact) mass is 286 g/mol. The van der Waals surface area contributed by atoms with Crippen LogP contribution >= 0.6 is 0 Å². The maximum atomic E-state index is 11.9. The summed E-state index contributed by atoms with van der Waals surface area (Å²) >= 11 is 0. The normalized spacial score (nSPS) is 10.6. The average Bonchev–Trinajstić information content (AvgIpc) is 2.39. The SMILES string of the molecule is Cc1cccc(C)c1-n1nc(CCC(=O)O)c(=O)cc1C. The molecule has 0 saturated carbocycles. The number of aliphatic carboxylic acids is 1. The van der Waals surface area contributed by atoms with Crippen molar-refractivity contribution in [2.45, 2.75) is 33.6 Å². The van der Waals surface area contributed by atoms with Gasteiger partial charge < -0.3 is 5.11 Å². The number of rotatable bonds is 4. The standard InChI is InChI=1S/C16H18N2O3/c1-10-5-4-6-11(2)16(10)18-12(3)9-14(19)13(17-18)7-8-15(20)21/h4-6,9H,7-8H2,1-3H3,(H,20,21). The first-order valence-electron chi connectivity index (χ1n) is 6.78. The summed E-state index contributed by atoms with van der Waals surface area (Å²) in [6, 6.07) is 7.45. The molecule has 0 unspecified atom stereocenters. The molecule has 0 spiro atoms. The third kappa shape index (κ3) is 3.18. The van der Waals surface area contributed by atoms with Crippen LogP contribution < -0.4 is 5.43 Å². The summed E-state index contributed by atoms with van der Waals surface area (Å²) in [5, 5.41) is 13.1. The highest BCUT2D eigenvalue weighted by Crippen LogP contribution is 2.18. The summed E-state index contributed by atoms with van der Waals surface area (Å²) < 4.78 is 1.73. The molecule has 0 aliphatic carbocycles. The second-order valence-corrected chi connectivity index (χ2v) is 5.14. The quantitative estimate of drug-likeness (QED) is 0.935. The van der Waals surface area contributed by atoms with Gasteiger partial charge in [-0.3, -0.25) is 9.59 Å². The van der Waals surface area contributed by atoms with Gasteiger partial charge in [0.25, 0.3) is 0 Å². The number of nitrogens with zero attached hydrogens (tertiary/aromatic N) is 2. The largest absolute Gasteiger partial charge is 0.481 e. The molecule has 2 rings (SSSR count). The second kappa shape index (κ2) is 5.91. The Morgan fingerprint density at radius 2 is 1.86 bits per heavy atom. The lowest BCUT2D eigenvalue weighted by Crippen LogP contribution is -2.20. The average molecular weight is 286 g/mol. The molecule has 110 valence electrons. The molecule has 1 aromatic heterocycles. The highest BCUT2D eigenvalue weighted by molar-refractivity contribution is 5.66. The minimum Gasteiger partial charge on any atom is -0.481 e. The topological polar surface area (TPSA) is 72.2 Å². The molecule has 5 heteroatoms. The van der Waals surface area contributed by atoms with E-state index in [1.807, 2.05) is 39.0 Å². The first-order chi connectivity index (χ1) is 9.90. The van der Waals surface area contributed by atoms with Crippen LogP contribution in [0.3, 0.4) is 0 Å². The number of para-hydroxylation sites is 1. The molecular weight excluding hydrogens is 268 g/mol. The Kier molecular flexibility index (Phi) is 4.21. The first kappa shape index (κ1) is 15.0. The minimum atomic E-state index is -0.935. The maximum Gasteiger partial charge on any atom is 0.303 e. The molecule has 0 radical (unpaired) electrons. The molecule has 0 bridgehead atoms. The predicted molar refractivity (Wildman–Crippen MR) is 80.0 cm³/mol. The van der Waals surface area contributed by atoms with Gasteiger partial charge in [-0.2, -0.15) is 5.10 Å². The van der Waals surface area contributed by atoms with Crippen LogP contribution in [-0.4, -0.2) is 20.9 Å². The first-order valence-corrected chi connectivity index (χ1v) is 6.78. The van der Waals surface area contributed by atoms with Crippen LogP contribution in [-0.2, 0) is 11.2 Å². The lowest BCUT2D eigenvalue weighted by molar-refractivity contribution is -0.136. The van der Waals surface area contributed by atoms with E-state index in [0.29, 0.717) is 0 Å². The number of carboxylic acid groups (broad SMARTS) is 1. The Labute approximate surface area is 122 Å². The second-order valence-electron chi connectivity index (χ2n) is 5.14. The number of aromatic nitrogens is 2. The zero-order valence-electron chi connectivity index (χ0n) is 12.4. The van der Waals surface area contributed by atoms with Crippen molar-refractivity contribution in [2.24, 2.45) is 0 Å². The predicted octanol–water partition coefficient (Wildman–Crippen LogP) is 2.17. The summed E-state index contributed by atoms with van der Waals surface area (Å²) in [6.07, 6.45) is 0.0391. The third-order valence-corrected chi connectivity index (χ3v) is 3.41. The summed E-state index contributed by atoms with van der Waals surface area (Å²) in [7, 11) is 0. The Morgan fingerprint density at radius 3 is 2.43 bits per heavy atom. The molecule has 1 N–H and O–H groups in total. The molecule has 0 amide bonds. The molecule has 0 fully saturated rings. The molecule has 5 nitrogen and oxygen atoms in total. The van der Waals surface area contributed by atoms with Crippen molar-refractivity contribution in [3.8, 4) is 5.69 Å². The lowest BCUT2D eigenvalue weighted by Gasteiger charge is -2.15. The molecule has 0 aliphatic heterocycles. The van der Waals surface area contributed by atoms with Crippen molar-refractivity contribution in [3.63, 3.8) is 0 Å². The maximum absolute atomic E-state index is 11.9. The van der Waals surface area contributed by atoms with E-state index in [9.17, 15) is 9.59 Å². The van der Waals surface area contributed by atoms with Crippen molar-refractivity contribution in [3.05, 3.63) is 57.0 Å². The van der Waals surface area contributed by atoms with Gasteiger partial charge in [0.2, 0.25) is 5.43 Å². The van der Waals surface area contributed by atoms with Gasteiger partial charge in [-0.05, 0) is 31.9 Å². The van der Waals surface area contributed by atoms with Gasteiger partial charge in [-0.25, -0.2) is 4.68 Å². The third-order valence-electron chi connectivity index (χ3n) is 3.41. The molecule has 1 aromatic carbocycles. The molecular formula is C16H18N2O3. The highest BCUT2D eigenvalue weighted by Gasteiger charge is 2.12. The Balaban J connectivity index is 2.56. The van der Waals surface area contributed by atoms with Crippen LogP contribution in [0.2, 0.25) is 0 Å². The Morgan fingerprint density at radius 1 is 1.24 bits per heavy atom. The van der Waals surface area contributed by atoms with E-state index >= 15 is 0 Å². The van der Waals surface area contributed by atoms with Crippen molar-refractivity contribution in [1.29, 1.82) is 0 Å². The fourth-order valence-electron chi connectivity index (χ4n) is 2.35. The van der Waals surface area contributed by atoms with Crippen molar-refractivity contribution < 1.29 is 9.90 Å².